The normalized spacial score (nSPS) is 14.9. The molecule has 5 N–H and O–H groups in total. The Morgan fingerprint density at radius 1 is 1.08 bits per heavy atom. The summed E-state index contributed by atoms with van der Waals surface area (Å²) in [4.78, 5) is 45.4. The second kappa shape index (κ2) is 9.06. The van der Waals surface area contributed by atoms with Gasteiger partial charge in [-0.1, -0.05) is 0 Å². The van der Waals surface area contributed by atoms with Crippen LogP contribution in [0.15, 0.2) is 0 Å². The number of carboxylic acid groups (broad SMARTS) is 2. The van der Waals surface area contributed by atoms with E-state index in [0.717, 1.165) is 0 Å². The number of rotatable bonds is 8. The molecule has 0 saturated heterocycles. The van der Waals surface area contributed by atoms with Crippen molar-refractivity contribution in [3.05, 3.63) is 0 Å². The molecule has 0 heterocycles. The van der Waals surface area contributed by atoms with Crippen molar-refractivity contribution in [3.8, 4) is 0 Å². The second-order valence-electron chi connectivity index (χ2n) is 6.20. The van der Waals surface area contributed by atoms with Gasteiger partial charge in [-0.2, -0.15) is 0 Å². The van der Waals surface area contributed by atoms with Crippen LogP contribution in [0.4, 0.5) is 4.79 Å². The van der Waals surface area contributed by atoms with Crippen molar-refractivity contribution in [1.29, 1.82) is 0 Å². The van der Waals surface area contributed by atoms with Crippen LogP contribution in [0, 0.1) is 0 Å². The molecular weight excluding hydrogens is 324 g/mol. The fourth-order valence-corrected chi connectivity index (χ4v) is 1.63. The summed E-state index contributed by atoms with van der Waals surface area (Å²) in [7, 11) is 0. The van der Waals surface area contributed by atoms with E-state index < -0.39 is 54.1 Å². The molecule has 0 aliphatic heterocycles. The first-order chi connectivity index (χ1) is 10.8. The number of carboxylic acids is 2. The van der Waals surface area contributed by atoms with Crippen molar-refractivity contribution in [2.45, 2.75) is 64.3 Å². The van der Waals surface area contributed by atoms with Crippen molar-refractivity contribution in [1.82, 2.24) is 10.6 Å². The molecule has 0 aromatic heterocycles. The van der Waals surface area contributed by atoms with Crippen molar-refractivity contribution >= 4 is 23.9 Å². The van der Waals surface area contributed by atoms with Crippen LogP contribution in [-0.4, -0.2) is 63.0 Å². The maximum absolute atomic E-state index is 12.1. The van der Waals surface area contributed by atoms with Crippen molar-refractivity contribution < 1.29 is 39.2 Å². The minimum Gasteiger partial charge on any atom is -0.481 e. The third-order valence-corrected chi connectivity index (χ3v) is 2.70. The molecule has 138 valence electrons. The van der Waals surface area contributed by atoms with E-state index in [1.54, 1.807) is 20.8 Å². The highest BCUT2D eigenvalue weighted by Crippen LogP contribution is 2.08. The summed E-state index contributed by atoms with van der Waals surface area (Å²) in [6.07, 6.45) is -3.08. The lowest BCUT2D eigenvalue weighted by atomic mass is 10.1. The van der Waals surface area contributed by atoms with E-state index in [1.165, 1.54) is 6.92 Å². The standard InChI is InChI=1S/C14H24N2O8/c1-7(17)10(16-13(23)24-14(2,3)4)11(20)15-8(12(21)22)5-6-9(18)19/h7-8,10,17H,5-6H2,1-4H3,(H,15,20)(H,16,23)(H,18,19)(H,21,22)/t7-,8+,10+/m1/s1. The van der Waals surface area contributed by atoms with Gasteiger partial charge in [0.1, 0.15) is 17.7 Å². The molecule has 24 heavy (non-hydrogen) atoms. The number of ether oxygens (including phenoxy) is 1. The summed E-state index contributed by atoms with van der Waals surface area (Å²) in [5.41, 5.74) is -0.825. The zero-order chi connectivity index (χ0) is 19.1. The second-order valence-corrected chi connectivity index (χ2v) is 6.20. The van der Waals surface area contributed by atoms with Crippen LogP contribution in [0.1, 0.15) is 40.5 Å². The lowest BCUT2D eigenvalue weighted by molar-refractivity contribution is -0.143. The topological polar surface area (TPSA) is 162 Å². The van der Waals surface area contributed by atoms with Crippen LogP contribution in [-0.2, 0) is 19.1 Å². The van der Waals surface area contributed by atoms with E-state index in [1.807, 2.05) is 0 Å². The number of nitrogens with one attached hydrogen (secondary N) is 2. The summed E-state index contributed by atoms with van der Waals surface area (Å²) in [5, 5.41) is 31.5. The molecule has 10 heteroatoms. The molecule has 0 unspecified atom stereocenters. The number of hydrogen-bond donors (Lipinski definition) is 5. The molecule has 0 aromatic rings. The summed E-state index contributed by atoms with van der Waals surface area (Å²) >= 11 is 0. The maximum Gasteiger partial charge on any atom is 0.408 e. The Morgan fingerprint density at radius 3 is 2.00 bits per heavy atom. The highest BCUT2D eigenvalue weighted by atomic mass is 16.6. The van der Waals surface area contributed by atoms with Gasteiger partial charge >= 0.3 is 18.0 Å². The molecule has 3 atom stereocenters. The monoisotopic (exact) mass is 348 g/mol. The summed E-state index contributed by atoms with van der Waals surface area (Å²) < 4.78 is 4.96. The molecule has 0 aromatic carbocycles. The number of carbonyl (C=O) groups excluding carboxylic acids is 2. The Balaban J connectivity index is 4.91. The lowest BCUT2D eigenvalue weighted by Crippen LogP contribution is -2.56. The molecule has 0 bridgehead atoms. The Morgan fingerprint density at radius 2 is 1.62 bits per heavy atom. The molecule has 0 aliphatic carbocycles. The Hall–Kier alpha value is -2.36. The molecule has 0 saturated carbocycles. The van der Waals surface area contributed by atoms with E-state index in [4.69, 9.17) is 14.9 Å². The van der Waals surface area contributed by atoms with Crippen molar-refractivity contribution in [2.24, 2.45) is 0 Å². The van der Waals surface area contributed by atoms with Crippen LogP contribution in [0.25, 0.3) is 0 Å². The highest BCUT2D eigenvalue weighted by Gasteiger charge is 2.31. The number of hydrogen-bond acceptors (Lipinski definition) is 6. The number of alkyl carbamates (subject to hydrolysis) is 1. The average Bonchev–Trinajstić information content (AvgIpc) is 2.37. The van der Waals surface area contributed by atoms with Gasteiger partial charge in [0.05, 0.1) is 6.10 Å². The van der Waals surface area contributed by atoms with Crippen molar-refractivity contribution in [3.63, 3.8) is 0 Å². The Labute approximate surface area is 139 Å². The molecule has 0 radical (unpaired) electrons. The van der Waals surface area contributed by atoms with Crippen LogP contribution >= 0.6 is 0 Å². The molecule has 0 rings (SSSR count). The van der Waals surface area contributed by atoms with Crippen LogP contribution in [0.3, 0.4) is 0 Å². The summed E-state index contributed by atoms with van der Waals surface area (Å²) in [5.74, 6) is -3.60. The molecular formula is C14H24N2O8. The van der Waals surface area contributed by atoms with Crippen LogP contribution in [0.2, 0.25) is 0 Å². The van der Waals surface area contributed by atoms with Gasteiger partial charge in [-0.3, -0.25) is 9.59 Å². The highest BCUT2D eigenvalue weighted by molar-refractivity contribution is 5.89. The van der Waals surface area contributed by atoms with Gasteiger partial charge < -0.3 is 30.7 Å². The summed E-state index contributed by atoms with van der Waals surface area (Å²) in [6, 6.07) is -2.91. The Kier molecular flexibility index (Phi) is 8.17. The molecule has 0 spiro atoms. The number of aliphatic hydroxyl groups is 1. The lowest BCUT2D eigenvalue weighted by Gasteiger charge is -2.25. The first-order valence-corrected chi connectivity index (χ1v) is 7.26. The minimum atomic E-state index is -1.46. The van der Waals surface area contributed by atoms with Gasteiger partial charge in [-0.25, -0.2) is 9.59 Å². The first kappa shape index (κ1) is 21.6. The summed E-state index contributed by atoms with van der Waals surface area (Å²) in [6.45, 7) is 6.05. The molecule has 0 fully saturated rings. The van der Waals surface area contributed by atoms with E-state index in [0.29, 0.717) is 0 Å². The predicted molar refractivity (Wildman–Crippen MR) is 81.3 cm³/mol. The Bertz CT molecular complexity index is 484. The smallest absolute Gasteiger partial charge is 0.408 e. The fraction of sp³-hybridized carbons (Fsp3) is 0.714. The van der Waals surface area contributed by atoms with E-state index in [9.17, 15) is 24.3 Å². The average molecular weight is 348 g/mol. The quantitative estimate of drug-likeness (QED) is 0.399. The third kappa shape index (κ3) is 8.93. The number of carbonyl (C=O) groups is 4. The van der Waals surface area contributed by atoms with Crippen LogP contribution < -0.4 is 10.6 Å². The molecule has 10 nitrogen and oxygen atoms in total. The molecule has 2 amide bonds. The van der Waals surface area contributed by atoms with Gasteiger partial charge in [0.2, 0.25) is 5.91 Å². The third-order valence-electron chi connectivity index (χ3n) is 2.70. The minimum absolute atomic E-state index is 0.338. The maximum atomic E-state index is 12.1. The number of amides is 2. The van der Waals surface area contributed by atoms with Crippen LogP contribution in [0.5, 0.6) is 0 Å². The van der Waals surface area contributed by atoms with Crippen molar-refractivity contribution in [2.75, 3.05) is 0 Å². The van der Waals surface area contributed by atoms with E-state index in [-0.39, 0.29) is 6.42 Å². The van der Waals surface area contributed by atoms with E-state index in [2.05, 4.69) is 10.6 Å². The fourth-order valence-electron chi connectivity index (χ4n) is 1.63. The van der Waals surface area contributed by atoms with Gasteiger partial charge in [0.25, 0.3) is 0 Å². The predicted octanol–water partition coefficient (Wildman–Crippen LogP) is -0.305. The zero-order valence-corrected chi connectivity index (χ0v) is 14.0. The molecule has 0 aliphatic rings. The van der Waals surface area contributed by atoms with Gasteiger partial charge in [0.15, 0.2) is 0 Å². The van der Waals surface area contributed by atoms with E-state index >= 15 is 0 Å². The largest absolute Gasteiger partial charge is 0.481 e. The van der Waals surface area contributed by atoms with Gasteiger partial charge in [-0.05, 0) is 34.1 Å². The number of aliphatic carboxylic acids is 2. The first-order valence-electron chi connectivity index (χ1n) is 7.26. The van der Waals surface area contributed by atoms with Gasteiger partial charge in [0, 0.05) is 6.42 Å². The van der Waals surface area contributed by atoms with Gasteiger partial charge in [-0.15, -0.1) is 0 Å². The zero-order valence-electron chi connectivity index (χ0n) is 14.0. The number of aliphatic hydroxyl groups excluding tert-OH is 1. The SMILES string of the molecule is C[C@@H](O)[C@H](NC(=O)OC(C)(C)C)C(=O)N[C@@H](CCC(=O)O)C(=O)O.